The first-order valence-corrected chi connectivity index (χ1v) is 5.35. The van der Waals surface area contributed by atoms with E-state index in [2.05, 4.69) is 31.4 Å². The summed E-state index contributed by atoms with van der Waals surface area (Å²) in [5.74, 6) is 0. The molecule has 0 bridgehead atoms. The molecule has 1 saturated carbocycles. The van der Waals surface area contributed by atoms with Gasteiger partial charge >= 0.3 is 0 Å². The van der Waals surface area contributed by atoms with Gasteiger partial charge < -0.3 is 4.57 Å². The summed E-state index contributed by atoms with van der Waals surface area (Å²) in [7, 11) is 0. The largest absolute Gasteiger partial charge is 0.346 e. The number of aryl methyl sites for hydroxylation is 2. The zero-order valence-corrected chi connectivity index (χ0v) is 11.0. The van der Waals surface area contributed by atoms with Crippen molar-refractivity contribution in [3.8, 4) is 0 Å². The predicted octanol–water partition coefficient (Wildman–Crippen LogP) is 3.89. The van der Waals surface area contributed by atoms with Gasteiger partial charge in [-0.2, -0.15) is 13.5 Å². The average Bonchev–Trinajstić information content (AvgIpc) is 2.88. The van der Waals surface area contributed by atoms with Crippen molar-refractivity contribution >= 4 is 13.5 Å². The maximum atomic E-state index is 2.48. The third-order valence-electron chi connectivity index (χ3n) is 2.65. The van der Waals surface area contributed by atoms with Gasteiger partial charge in [0.25, 0.3) is 0 Å². The van der Waals surface area contributed by atoms with E-state index < -0.39 is 0 Å². The molecule has 0 atom stereocenters. The predicted molar refractivity (Wildman–Crippen MR) is 68.6 cm³/mol. The number of hydrogen-bond donors (Lipinski definition) is 0. The Hall–Kier alpha value is -0.370. The van der Waals surface area contributed by atoms with Crippen LogP contribution in [0, 0.1) is 20.8 Å². The van der Waals surface area contributed by atoms with Gasteiger partial charge in [0.05, 0.1) is 0 Å². The molecule has 2 heteroatoms. The van der Waals surface area contributed by atoms with Crippen molar-refractivity contribution in [1.82, 2.24) is 4.57 Å². The van der Waals surface area contributed by atoms with Gasteiger partial charge in [-0.05, 0) is 45.2 Å². The SMILES string of the molecule is CC.Cc1cc(C)n(C2CC2)c1C.S. The minimum atomic E-state index is 0. The molecular weight excluding hydrogens is 190 g/mol. The fourth-order valence-corrected chi connectivity index (χ4v) is 1.84. The van der Waals surface area contributed by atoms with E-state index in [-0.39, 0.29) is 13.5 Å². The smallest absolute Gasteiger partial charge is 0.0337 e. The molecule has 0 aliphatic heterocycles. The number of hydrogen-bond acceptors (Lipinski definition) is 0. The van der Waals surface area contributed by atoms with E-state index in [4.69, 9.17) is 0 Å². The van der Waals surface area contributed by atoms with Crippen molar-refractivity contribution in [3.63, 3.8) is 0 Å². The van der Waals surface area contributed by atoms with Crippen LogP contribution in [0.15, 0.2) is 6.07 Å². The topological polar surface area (TPSA) is 4.93 Å². The highest BCUT2D eigenvalue weighted by Gasteiger charge is 2.25. The maximum Gasteiger partial charge on any atom is 0.0337 e. The fourth-order valence-electron chi connectivity index (χ4n) is 1.84. The van der Waals surface area contributed by atoms with Crippen molar-refractivity contribution in [3.05, 3.63) is 23.0 Å². The van der Waals surface area contributed by atoms with Gasteiger partial charge in [0.1, 0.15) is 0 Å². The molecule has 0 saturated heterocycles. The molecule has 0 N–H and O–H groups in total. The molecule has 1 nitrogen and oxygen atoms in total. The minimum absolute atomic E-state index is 0. The first-order chi connectivity index (χ1) is 6.20. The van der Waals surface area contributed by atoms with E-state index in [0.29, 0.717) is 0 Å². The highest BCUT2D eigenvalue weighted by atomic mass is 32.1. The molecule has 0 aromatic carbocycles. The highest BCUT2D eigenvalue weighted by molar-refractivity contribution is 7.59. The van der Waals surface area contributed by atoms with Gasteiger partial charge in [-0.25, -0.2) is 0 Å². The van der Waals surface area contributed by atoms with Crippen molar-refractivity contribution in [2.24, 2.45) is 0 Å². The number of rotatable bonds is 1. The number of nitrogens with zero attached hydrogens (tertiary/aromatic N) is 1. The summed E-state index contributed by atoms with van der Waals surface area (Å²) < 4.78 is 2.48. The molecule has 1 heterocycles. The Kier molecular flexibility index (Phi) is 5.35. The van der Waals surface area contributed by atoms with Crippen molar-refractivity contribution < 1.29 is 0 Å². The normalized spacial score (nSPS) is 14.1. The fraction of sp³-hybridized carbons (Fsp3) is 0.667. The Morgan fingerprint density at radius 2 is 1.64 bits per heavy atom. The monoisotopic (exact) mass is 213 g/mol. The Balaban J connectivity index is 0.000000531. The van der Waals surface area contributed by atoms with E-state index in [1.165, 1.54) is 29.8 Å². The molecule has 0 amide bonds. The second-order valence-electron chi connectivity index (χ2n) is 3.66. The molecule has 0 spiro atoms. The summed E-state index contributed by atoms with van der Waals surface area (Å²) in [5, 5.41) is 0. The second kappa shape index (κ2) is 5.50. The zero-order valence-electron chi connectivity index (χ0n) is 10.0. The van der Waals surface area contributed by atoms with Gasteiger partial charge in [0.15, 0.2) is 0 Å². The Morgan fingerprint density at radius 1 is 1.14 bits per heavy atom. The number of aromatic nitrogens is 1. The minimum Gasteiger partial charge on any atom is -0.346 e. The summed E-state index contributed by atoms with van der Waals surface area (Å²) in [5.41, 5.74) is 4.34. The second-order valence-corrected chi connectivity index (χ2v) is 3.66. The van der Waals surface area contributed by atoms with Crippen LogP contribution >= 0.6 is 13.5 Å². The highest BCUT2D eigenvalue weighted by Crippen LogP contribution is 2.38. The molecule has 0 radical (unpaired) electrons. The van der Waals surface area contributed by atoms with Gasteiger partial charge in [0.2, 0.25) is 0 Å². The molecule has 2 rings (SSSR count). The lowest BCUT2D eigenvalue weighted by molar-refractivity contribution is 0.697. The van der Waals surface area contributed by atoms with Crippen LogP contribution in [0.2, 0.25) is 0 Å². The lowest BCUT2D eigenvalue weighted by Gasteiger charge is -2.06. The van der Waals surface area contributed by atoms with Crippen LogP contribution in [0.3, 0.4) is 0 Å². The lowest BCUT2D eigenvalue weighted by Crippen LogP contribution is -1.98. The van der Waals surface area contributed by atoms with Crippen molar-refractivity contribution in [2.75, 3.05) is 0 Å². The third-order valence-corrected chi connectivity index (χ3v) is 2.65. The van der Waals surface area contributed by atoms with Crippen LogP contribution in [-0.4, -0.2) is 4.57 Å². The zero-order chi connectivity index (χ0) is 10.0. The summed E-state index contributed by atoms with van der Waals surface area (Å²) in [4.78, 5) is 0. The molecular formula is C12H23NS. The van der Waals surface area contributed by atoms with Gasteiger partial charge in [-0.15, -0.1) is 0 Å². The molecule has 1 aliphatic rings. The van der Waals surface area contributed by atoms with Crippen LogP contribution < -0.4 is 0 Å². The van der Waals surface area contributed by atoms with Crippen LogP contribution in [0.1, 0.15) is 49.7 Å². The molecule has 1 aliphatic carbocycles. The molecule has 1 aromatic rings. The summed E-state index contributed by atoms with van der Waals surface area (Å²) in [6.45, 7) is 10.6. The van der Waals surface area contributed by atoms with E-state index in [1.54, 1.807) is 0 Å². The Morgan fingerprint density at radius 3 is 1.93 bits per heavy atom. The van der Waals surface area contributed by atoms with E-state index >= 15 is 0 Å². The molecule has 1 fully saturated rings. The van der Waals surface area contributed by atoms with Gasteiger partial charge in [-0.1, -0.05) is 13.8 Å². The summed E-state index contributed by atoms with van der Waals surface area (Å²) in [6, 6.07) is 3.12. The summed E-state index contributed by atoms with van der Waals surface area (Å²) >= 11 is 0. The average molecular weight is 213 g/mol. The van der Waals surface area contributed by atoms with Crippen molar-refractivity contribution in [2.45, 2.75) is 53.5 Å². The van der Waals surface area contributed by atoms with Crippen LogP contribution in [0.4, 0.5) is 0 Å². The Bertz CT molecular complexity index is 285. The summed E-state index contributed by atoms with van der Waals surface area (Å²) in [6.07, 6.45) is 2.77. The maximum absolute atomic E-state index is 2.48. The van der Waals surface area contributed by atoms with Gasteiger partial charge in [-0.3, -0.25) is 0 Å². The van der Waals surface area contributed by atoms with E-state index in [9.17, 15) is 0 Å². The van der Waals surface area contributed by atoms with Crippen LogP contribution in [0.25, 0.3) is 0 Å². The molecule has 82 valence electrons. The third kappa shape index (κ3) is 2.57. The quantitative estimate of drug-likeness (QED) is 0.667. The Labute approximate surface area is 95.0 Å². The van der Waals surface area contributed by atoms with Crippen LogP contribution in [-0.2, 0) is 0 Å². The van der Waals surface area contributed by atoms with Gasteiger partial charge in [0, 0.05) is 17.4 Å². The van der Waals surface area contributed by atoms with Crippen LogP contribution in [0.5, 0.6) is 0 Å². The van der Waals surface area contributed by atoms with E-state index in [1.807, 2.05) is 13.8 Å². The standard InChI is InChI=1S/C10H15N.C2H6.H2S/c1-7-6-8(2)11(9(7)3)10-4-5-10;1-2;/h6,10H,4-5H2,1-3H3;1-2H3;1H2. The first-order valence-electron chi connectivity index (χ1n) is 5.35. The van der Waals surface area contributed by atoms with Crippen molar-refractivity contribution in [1.29, 1.82) is 0 Å². The molecule has 14 heavy (non-hydrogen) atoms. The first kappa shape index (κ1) is 13.6. The molecule has 1 aromatic heterocycles. The lowest BCUT2D eigenvalue weighted by atomic mass is 10.3. The van der Waals surface area contributed by atoms with E-state index in [0.717, 1.165) is 6.04 Å². The molecule has 0 unspecified atom stereocenters.